The van der Waals surface area contributed by atoms with Crippen LogP contribution in [0.25, 0.3) is 0 Å². The number of benzene rings is 1. The predicted octanol–water partition coefficient (Wildman–Crippen LogP) is 4.46. The molecule has 2 nitrogen and oxygen atoms in total. The van der Waals surface area contributed by atoms with Gasteiger partial charge in [-0.2, -0.15) is 5.26 Å². The van der Waals surface area contributed by atoms with Gasteiger partial charge in [0.15, 0.2) is 0 Å². The van der Waals surface area contributed by atoms with Gasteiger partial charge in [-0.15, -0.1) is 11.3 Å². The highest BCUT2D eigenvalue weighted by Crippen LogP contribution is 2.37. The molecule has 0 bridgehead atoms. The molecule has 21 heavy (non-hydrogen) atoms. The van der Waals surface area contributed by atoms with E-state index in [1.165, 1.54) is 10.4 Å². The monoisotopic (exact) mass is 296 g/mol. The maximum Gasteiger partial charge on any atom is 0.107 e. The Kier molecular flexibility index (Phi) is 4.38. The van der Waals surface area contributed by atoms with Crippen LogP contribution in [0.3, 0.4) is 0 Å². The summed E-state index contributed by atoms with van der Waals surface area (Å²) < 4.78 is 0. The number of nitrogens with one attached hydrogen (secondary N) is 1. The van der Waals surface area contributed by atoms with Gasteiger partial charge in [-0.25, -0.2) is 0 Å². The molecule has 1 saturated carbocycles. The maximum absolute atomic E-state index is 9.62. The average molecular weight is 296 g/mol. The van der Waals surface area contributed by atoms with Crippen LogP contribution < -0.4 is 5.32 Å². The smallest absolute Gasteiger partial charge is 0.107 e. The summed E-state index contributed by atoms with van der Waals surface area (Å²) in [7, 11) is 0. The molecule has 0 atom stereocenters. The minimum atomic E-state index is -0.338. The van der Waals surface area contributed by atoms with Gasteiger partial charge in [0, 0.05) is 11.4 Å². The van der Waals surface area contributed by atoms with Crippen molar-refractivity contribution in [3.05, 3.63) is 58.3 Å². The van der Waals surface area contributed by atoms with Crippen LogP contribution >= 0.6 is 11.3 Å². The number of hydrogen-bond acceptors (Lipinski definition) is 3. The third-order valence-corrected chi connectivity index (χ3v) is 5.38. The highest BCUT2D eigenvalue weighted by molar-refractivity contribution is 7.09. The fourth-order valence-corrected chi connectivity index (χ4v) is 3.81. The molecule has 108 valence electrons. The topological polar surface area (TPSA) is 35.8 Å². The Morgan fingerprint density at radius 3 is 2.52 bits per heavy atom. The van der Waals surface area contributed by atoms with Gasteiger partial charge in [0.1, 0.15) is 5.54 Å². The van der Waals surface area contributed by atoms with Gasteiger partial charge in [0.2, 0.25) is 0 Å². The minimum Gasteiger partial charge on any atom is -0.294 e. The van der Waals surface area contributed by atoms with Gasteiger partial charge >= 0.3 is 0 Å². The van der Waals surface area contributed by atoms with E-state index in [4.69, 9.17) is 0 Å². The molecule has 0 amide bonds. The van der Waals surface area contributed by atoms with Crippen LogP contribution in [0.5, 0.6) is 0 Å². The summed E-state index contributed by atoms with van der Waals surface area (Å²) in [6, 6.07) is 17.4. The molecule has 2 aromatic rings. The van der Waals surface area contributed by atoms with E-state index in [1.807, 2.05) is 0 Å². The fraction of sp³-hybridized carbons (Fsp3) is 0.389. The molecule has 1 aromatic heterocycles. The molecule has 0 saturated heterocycles. The standard InChI is InChI=1S/C18H20N2S/c19-14-18(20-13-17-7-4-12-21-17)10-8-16(9-11-18)15-5-2-1-3-6-15/h1-7,12,16,20H,8-11,13H2. The van der Waals surface area contributed by atoms with E-state index in [0.29, 0.717) is 5.92 Å². The average Bonchev–Trinajstić information content (AvgIpc) is 3.08. The summed E-state index contributed by atoms with van der Waals surface area (Å²) >= 11 is 1.75. The number of nitrogens with zero attached hydrogens (tertiary/aromatic N) is 1. The van der Waals surface area contributed by atoms with Crippen molar-refractivity contribution in [3.8, 4) is 6.07 Å². The van der Waals surface area contributed by atoms with Crippen molar-refractivity contribution in [1.82, 2.24) is 5.32 Å². The van der Waals surface area contributed by atoms with Gasteiger partial charge in [0.25, 0.3) is 0 Å². The Morgan fingerprint density at radius 2 is 1.90 bits per heavy atom. The van der Waals surface area contributed by atoms with Crippen LogP contribution in [0.1, 0.15) is 42.0 Å². The summed E-state index contributed by atoms with van der Waals surface area (Å²) in [6.07, 6.45) is 4.06. The molecule has 3 rings (SSSR count). The second kappa shape index (κ2) is 6.43. The molecule has 1 fully saturated rings. The number of nitriles is 1. The van der Waals surface area contributed by atoms with Crippen LogP contribution in [0.2, 0.25) is 0 Å². The Hall–Kier alpha value is -1.63. The van der Waals surface area contributed by atoms with Crippen molar-refractivity contribution in [3.63, 3.8) is 0 Å². The number of rotatable bonds is 4. The zero-order valence-electron chi connectivity index (χ0n) is 12.1. The van der Waals surface area contributed by atoms with Crippen molar-refractivity contribution < 1.29 is 0 Å². The van der Waals surface area contributed by atoms with Crippen molar-refractivity contribution in [1.29, 1.82) is 5.26 Å². The predicted molar refractivity (Wildman–Crippen MR) is 87.2 cm³/mol. The molecule has 0 unspecified atom stereocenters. The molecule has 1 heterocycles. The van der Waals surface area contributed by atoms with E-state index >= 15 is 0 Å². The Morgan fingerprint density at radius 1 is 1.14 bits per heavy atom. The Bertz CT molecular complexity index is 590. The van der Waals surface area contributed by atoms with Crippen molar-refractivity contribution in [2.45, 2.75) is 43.7 Å². The third-order valence-electron chi connectivity index (χ3n) is 4.51. The van der Waals surface area contributed by atoms with Gasteiger partial charge in [-0.3, -0.25) is 5.32 Å². The first-order chi connectivity index (χ1) is 10.3. The zero-order valence-corrected chi connectivity index (χ0v) is 12.9. The van der Waals surface area contributed by atoms with E-state index in [0.717, 1.165) is 32.2 Å². The largest absolute Gasteiger partial charge is 0.294 e. The normalized spacial score (nSPS) is 25.4. The SMILES string of the molecule is N#CC1(NCc2cccs2)CCC(c2ccccc2)CC1. The molecule has 1 aromatic carbocycles. The zero-order chi connectivity index (χ0) is 14.5. The highest BCUT2D eigenvalue weighted by Gasteiger charge is 2.35. The summed E-state index contributed by atoms with van der Waals surface area (Å²) in [5.41, 5.74) is 1.08. The van der Waals surface area contributed by atoms with Crippen molar-refractivity contribution >= 4 is 11.3 Å². The second-order valence-electron chi connectivity index (χ2n) is 5.81. The summed E-state index contributed by atoms with van der Waals surface area (Å²) in [5, 5.41) is 15.2. The summed E-state index contributed by atoms with van der Waals surface area (Å²) in [4.78, 5) is 1.30. The Labute approximate surface area is 130 Å². The van der Waals surface area contributed by atoms with Crippen LogP contribution in [-0.2, 0) is 6.54 Å². The fourth-order valence-electron chi connectivity index (χ4n) is 3.17. The van der Waals surface area contributed by atoms with E-state index < -0.39 is 0 Å². The minimum absolute atomic E-state index is 0.338. The molecular formula is C18H20N2S. The first kappa shape index (κ1) is 14.3. The van der Waals surface area contributed by atoms with Gasteiger partial charge in [-0.05, 0) is 48.6 Å². The lowest BCUT2D eigenvalue weighted by Crippen LogP contribution is -2.45. The first-order valence-corrected chi connectivity index (χ1v) is 8.43. The highest BCUT2D eigenvalue weighted by atomic mass is 32.1. The molecule has 0 aliphatic heterocycles. The van der Waals surface area contributed by atoms with Gasteiger partial charge in [-0.1, -0.05) is 36.4 Å². The molecule has 0 spiro atoms. The number of thiophene rings is 1. The van der Waals surface area contributed by atoms with Gasteiger partial charge in [0.05, 0.1) is 6.07 Å². The molecule has 3 heteroatoms. The first-order valence-electron chi connectivity index (χ1n) is 7.55. The summed E-state index contributed by atoms with van der Waals surface area (Å²) in [5.74, 6) is 0.608. The second-order valence-corrected chi connectivity index (χ2v) is 6.84. The van der Waals surface area contributed by atoms with E-state index in [1.54, 1.807) is 11.3 Å². The van der Waals surface area contributed by atoms with E-state index in [9.17, 15) is 5.26 Å². The lowest BCUT2D eigenvalue weighted by molar-refractivity contribution is 0.274. The van der Waals surface area contributed by atoms with Crippen LogP contribution in [0.15, 0.2) is 47.8 Å². The van der Waals surface area contributed by atoms with E-state index in [2.05, 4.69) is 59.2 Å². The van der Waals surface area contributed by atoms with Crippen LogP contribution in [0, 0.1) is 11.3 Å². The Balaban J connectivity index is 1.61. The lowest BCUT2D eigenvalue weighted by Gasteiger charge is -2.36. The molecular weight excluding hydrogens is 276 g/mol. The van der Waals surface area contributed by atoms with Crippen molar-refractivity contribution in [2.75, 3.05) is 0 Å². The molecule has 1 N–H and O–H groups in total. The number of hydrogen-bond donors (Lipinski definition) is 1. The quantitative estimate of drug-likeness (QED) is 0.904. The molecule has 0 radical (unpaired) electrons. The maximum atomic E-state index is 9.62. The molecule has 1 aliphatic rings. The third kappa shape index (κ3) is 3.34. The lowest BCUT2D eigenvalue weighted by atomic mass is 9.75. The van der Waals surface area contributed by atoms with E-state index in [-0.39, 0.29) is 5.54 Å². The van der Waals surface area contributed by atoms with Crippen LogP contribution in [0.4, 0.5) is 0 Å². The molecule has 1 aliphatic carbocycles. The van der Waals surface area contributed by atoms with Crippen LogP contribution in [-0.4, -0.2) is 5.54 Å². The van der Waals surface area contributed by atoms with Crippen molar-refractivity contribution in [2.24, 2.45) is 0 Å². The summed E-state index contributed by atoms with van der Waals surface area (Å²) in [6.45, 7) is 0.807. The van der Waals surface area contributed by atoms with Gasteiger partial charge < -0.3 is 0 Å².